The molecule has 0 saturated heterocycles. The Bertz CT molecular complexity index is 1640. The van der Waals surface area contributed by atoms with Crippen LogP contribution in [0.4, 0.5) is 0 Å². The standard InChI is InChI=1S/C39H49NO6/c1-22-13-15-35(3)17-18-37(5)26(29(35)23(22)2)19-27(41)31-36(4)20-25-30(33(42)43)40-46-32(25)39(7,28(36)14-16-38(31,37)6)34(44)45-21-24-11-9-8-10-12-24/h8-12,19,22-23,28-29,31H,13-18,20-21H2,1-7H3,(H,42,43)/t22-,23+,28-,29+,31-,35-,36+,37-,38-,39-/m1/s1. The molecule has 5 aliphatic carbocycles. The SMILES string of the molecule is C[C@H]1[C@H](C)CC[C@]2(C)CC[C@]3(C)C(=CC(=O)[C@@H]4[C@@]5(C)Cc6c(C(=O)O)noc6[C@](C)(C(=O)OCc6ccccc6)[C@@H]5CC[C@]43C)[C@H]12. The van der Waals surface area contributed by atoms with Crippen molar-refractivity contribution < 1.29 is 28.8 Å². The number of carbonyl (C=O) groups excluding carboxylic acids is 2. The summed E-state index contributed by atoms with van der Waals surface area (Å²) >= 11 is 0. The van der Waals surface area contributed by atoms with Crippen molar-refractivity contribution in [3.8, 4) is 0 Å². The highest BCUT2D eigenvalue weighted by Gasteiger charge is 2.72. The number of aromatic nitrogens is 1. The molecule has 7 nitrogen and oxygen atoms in total. The summed E-state index contributed by atoms with van der Waals surface area (Å²) in [6.07, 6.45) is 8.45. The minimum Gasteiger partial charge on any atom is -0.476 e. The number of hydrogen-bond acceptors (Lipinski definition) is 6. The van der Waals surface area contributed by atoms with Gasteiger partial charge in [0.05, 0.1) is 0 Å². The third-order valence-electron chi connectivity index (χ3n) is 14.8. The molecule has 1 heterocycles. The summed E-state index contributed by atoms with van der Waals surface area (Å²) in [6.45, 7) is 16.0. The average Bonchev–Trinajstić information content (AvgIpc) is 3.44. The molecule has 2 aromatic rings. The molecule has 5 aliphatic rings. The van der Waals surface area contributed by atoms with Crippen molar-refractivity contribution in [2.45, 2.75) is 105 Å². The molecule has 1 aromatic carbocycles. The lowest BCUT2D eigenvalue weighted by molar-refractivity contribution is -0.185. The minimum absolute atomic E-state index is 0.0922. The van der Waals surface area contributed by atoms with Gasteiger partial charge in [0.25, 0.3) is 0 Å². The summed E-state index contributed by atoms with van der Waals surface area (Å²) in [5.74, 6) is -0.456. The lowest BCUT2D eigenvalue weighted by Crippen LogP contribution is -2.67. The number of esters is 1. The number of nitrogens with zero attached hydrogens (tertiary/aromatic N) is 1. The molecular formula is C39H49NO6. The lowest BCUT2D eigenvalue weighted by Gasteiger charge is -2.69. The maximum absolute atomic E-state index is 14.9. The zero-order valence-corrected chi connectivity index (χ0v) is 28.4. The Morgan fingerprint density at radius 3 is 2.41 bits per heavy atom. The molecule has 0 radical (unpaired) electrons. The number of rotatable bonds is 4. The number of allylic oxidation sites excluding steroid dienone is 2. The summed E-state index contributed by atoms with van der Waals surface area (Å²) in [4.78, 5) is 41.7. The van der Waals surface area contributed by atoms with E-state index in [-0.39, 0.29) is 51.9 Å². The highest BCUT2D eigenvalue weighted by Crippen LogP contribution is 2.75. The van der Waals surface area contributed by atoms with Gasteiger partial charge in [0.15, 0.2) is 17.2 Å². The van der Waals surface area contributed by atoms with Crippen LogP contribution in [0.1, 0.15) is 114 Å². The van der Waals surface area contributed by atoms with Crippen LogP contribution in [0.2, 0.25) is 0 Å². The molecule has 7 heteroatoms. The minimum atomic E-state index is -1.30. The number of carboxylic acid groups (broad SMARTS) is 1. The van der Waals surface area contributed by atoms with E-state index in [1.807, 2.05) is 43.3 Å². The number of hydrogen-bond donors (Lipinski definition) is 1. The van der Waals surface area contributed by atoms with Crippen LogP contribution in [-0.2, 0) is 32.8 Å². The molecule has 0 unspecified atom stereocenters. The normalized spacial score (nSPS) is 42.8. The van der Waals surface area contributed by atoms with Gasteiger partial charge in [0.1, 0.15) is 12.0 Å². The fourth-order valence-electron chi connectivity index (χ4n) is 12.0. The van der Waals surface area contributed by atoms with Gasteiger partial charge in [-0.3, -0.25) is 9.59 Å². The van der Waals surface area contributed by atoms with Crippen LogP contribution in [0.15, 0.2) is 46.5 Å². The molecule has 246 valence electrons. The lowest BCUT2D eigenvalue weighted by atomic mass is 9.33. The molecule has 0 spiro atoms. The van der Waals surface area contributed by atoms with Gasteiger partial charge in [-0.15, -0.1) is 0 Å². The maximum atomic E-state index is 14.9. The van der Waals surface area contributed by atoms with Gasteiger partial charge in [-0.05, 0) is 109 Å². The van der Waals surface area contributed by atoms with Crippen LogP contribution < -0.4 is 0 Å². The Hall–Kier alpha value is -3.22. The molecule has 1 N–H and O–H groups in total. The van der Waals surface area contributed by atoms with E-state index in [0.717, 1.165) is 24.8 Å². The number of fused-ring (bicyclic) bond motifs is 8. The predicted octanol–water partition coefficient (Wildman–Crippen LogP) is 7.97. The summed E-state index contributed by atoms with van der Waals surface area (Å²) in [5, 5.41) is 14.2. The Labute approximate surface area is 272 Å². The van der Waals surface area contributed by atoms with Gasteiger partial charge >= 0.3 is 11.9 Å². The van der Waals surface area contributed by atoms with E-state index in [2.05, 4.69) is 46.7 Å². The topological polar surface area (TPSA) is 107 Å². The fourth-order valence-corrected chi connectivity index (χ4v) is 12.0. The second kappa shape index (κ2) is 10.1. The highest BCUT2D eigenvalue weighted by atomic mass is 16.5. The number of ether oxygens (including phenoxy) is 1. The maximum Gasteiger partial charge on any atom is 0.358 e. The summed E-state index contributed by atoms with van der Waals surface area (Å²) < 4.78 is 11.8. The molecule has 10 atom stereocenters. The van der Waals surface area contributed by atoms with Crippen LogP contribution in [0.5, 0.6) is 0 Å². The zero-order chi connectivity index (χ0) is 33.0. The van der Waals surface area contributed by atoms with Crippen molar-refractivity contribution in [2.75, 3.05) is 0 Å². The van der Waals surface area contributed by atoms with Crippen LogP contribution in [0.25, 0.3) is 0 Å². The van der Waals surface area contributed by atoms with Crippen molar-refractivity contribution in [1.82, 2.24) is 5.16 Å². The molecular weight excluding hydrogens is 578 g/mol. The first kappa shape index (κ1) is 31.4. The number of ketones is 1. The third kappa shape index (κ3) is 3.95. The average molecular weight is 628 g/mol. The van der Waals surface area contributed by atoms with Gasteiger partial charge in [-0.1, -0.05) is 82.6 Å². The van der Waals surface area contributed by atoms with E-state index in [1.165, 1.54) is 18.4 Å². The zero-order valence-electron chi connectivity index (χ0n) is 28.4. The smallest absolute Gasteiger partial charge is 0.358 e. The largest absolute Gasteiger partial charge is 0.476 e. The van der Waals surface area contributed by atoms with Crippen molar-refractivity contribution in [3.63, 3.8) is 0 Å². The quantitative estimate of drug-likeness (QED) is 0.343. The van der Waals surface area contributed by atoms with Crippen LogP contribution in [-0.4, -0.2) is 28.0 Å². The van der Waals surface area contributed by atoms with E-state index in [1.54, 1.807) is 0 Å². The van der Waals surface area contributed by atoms with E-state index in [9.17, 15) is 19.5 Å². The predicted molar refractivity (Wildman–Crippen MR) is 173 cm³/mol. The van der Waals surface area contributed by atoms with Crippen molar-refractivity contribution in [1.29, 1.82) is 0 Å². The first-order valence-electron chi connectivity index (χ1n) is 17.3. The van der Waals surface area contributed by atoms with E-state index < -0.39 is 22.8 Å². The molecule has 1 aromatic heterocycles. The third-order valence-corrected chi connectivity index (χ3v) is 14.8. The van der Waals surface area contributed by atoms with Gasteiger partial charge in [-0.25, -0.2) is 4.79 Å². The van der Waals surface area contributed by atoms with E-state index >= 15 is 0 Å². The van der Waals surface area contributed by atoms with Crippen LogP contribution >= 0.6 is 0 Å². The molecule has 0 amide bonds. The summed E-state index contributed by atoms with van der Waals surface area (Å²) in [5.41, 5.74) is 0.111. The van der Waals surface area contributed by atoms with Crippen molar-refractivity contribution in [3.05, 3.63) is 64.6 Å². The molecule has 0 bridgehead atoms. The molecule has 3 saturated carbocycles. The van der Waals surface area contributed by atoms with Gasteiger partial charge in [0.2, 0.25) is 0 Å². The highest BCUT2D eigenvalue weighted by molar-refractivity contribution is 5.96. The number of benzene rings is 1. The van der Waals surface area contributed by atoms with Gasteiger partial charge < -0.3 is 14.4 Å². The molecule has 7 rings (SSSR count). The van der Waals surface area contributed by atoms with Crippen LogP contribution in [0, 0.1) is 51.2 Å². The van der Waals surface area contributed by atoms with E-state index in [0.29, 0.717) is 36.2 Å². The van der Waals surface area contributed by atoms with Crippen molar-refractivity contribution >= 4 is 17.7 Å². The second-order valence-corrected chi connectivity index (χ2v) is 16.9. The number of aromatic carboxylic acids is 1. The second-order valence-electron chi connectivity index (χ2n) is 16.9. The van der Waals surface area contributed by atoms with Gasteiger partial charge in [0, 0.05) is 11.5 Å². The van der Waals surface area contributed by atoms with Crippen molar-refractivity contribution in [2.24, 2.45) is 51.2 Å². The Morgan fingerprint density at radius 2 is 1.72 bits per heavy atom. The fraction of sp³-hybridized carbons (Fsp3) is 0.641. The first-order valence-corrected chi connectivity index (χ1v) is 17.3. The van der Waals surface area contributed by atoms with Gasteiger partial charge in [-0.2, -0.15) is 0 Å². The van der Waals surface area contributed by atoms with E-state index in [4.69, 9.17) is 9.26 Å². The monoisotopic (exact) mass is 627 g/mol. The molecule has 0 aliphatic heterocycles. The first-order chi connectivity index (χ1) is 21.6. The Balaban J connectivity index is 1.35. The Morgan fingerprint density at radius 1 is 1.00 bits per heavy atom. The molecule has 46 heavy (non-hydrogen) atoms. The Kier molecular flexibility index (Phi) is 6.92. The molecule has 3 fully saturated rings. The van der Waals surface area contributed by atoms with Crippen LogP contribution in [0.3, 0.4) is 0 Å². The number of carboxylic acids is 1. The summed E-state index contributed by atoms with van der Waals surface area (Å²) in [7, 11) is 0. The number of carbonyl (C=O) groups is 3. The summed E-state index contributed by atoms with van der Waals surface area (Å²) in [6, 6.07) is 9.53.